The molecule has 0 saturated carbocycles. The number of pyridine rings is 1. The molecule has 1 N–H and O–H groups in total. The zero-order valence-corrected chi connectivity index (χ0v) is 20.5. The Hall–Kier alpha value is -1.63. The number of aliphatic hydroxyl groups is 1. The van der Waals surface area contributed by atoms with Crippen molar-refractivity contribution in [2.75, 3.05) is 0 Å². The van der Waals surface area contributed by atoms with Crippen molar-refractivity contribution in [2.45, 2.75) is 89.1 Å². The largest absolute Gasteiger partial charge is 0.408 e. The van der Waals surface area contributed by atoms with Gasteiger partial charge >= 0.3 is 0 Å². The van der Waals surface area contributed by atoms with Crippen molar-refractivity contribution in [3.63, 3.8) is 0 Å². The van der Waals surface area contributed by atoms with E-state index in [0.717, 1.165) is 17.3 Å². The normalized spacial score (nSPS) is 22.1. The predicted molar refractivity (Wildman–Crippen MR) is 122 cm³/mol. The maximum atomic E-state index is 14.7. The minimum Gasteiger partial charge on any atom is -0.408 e. The first-order chi connectivity index (χ1) is 14.5. The number of fused-ring (bicyclic) bond motifs is 1. The summed E-state index contributed by atoms with van der Waals surface area (Å²) in [6.07, 6.45) is 2.41. The van der Waals surface area contributed by atoms with Gasteiger partial charge in [0.25, 0.3) is 0 Å². The van der Waals surface area contributed by atoms with E-state index in [1.54, 1.807) is 6.20 Å². The van der Waals surface area contributed by atoms with Gasteiger partial charge < -0.3 is 9.53 Å². The van der Waals surface area contributed by atoms with Gasteiger partial charge in [-0.05, 0) is 47.2 Å². The van der Waals surface area contributed by atoms with Crippen LogP contribution in [0, 0.1) is 11.6 Å². The Morgan fingerprint density at radius 3 is 2.29 bits per heavy atom. The van der Waals surface area contributed by atoms with Crippen molar-refractivity contribution in [2.24, 2.45) is 0 Å². The number of rotatable bonds is 6. The van der Waals surface area contributed by atoms with Crippen LogP contribution in [0.5, 0.6) is 0 Å². The lowest BCUT2D eigenvalue weighted by molar-refractivity contribution is 0.0150. The van der Waals surface area contributed by atoms with Crippen LogP contribution < -0.4 is 0 Å². The first-order valence-corrected chi connectivity index (χ1v) is 13.5. The summed E-state index contributed by atoms with van der Waals surface area (Å²) in [5, 5.41) is 11.5. The van der Waals surface area contributed by atoms with E-state index >= 15 is 0 Å². The summed E-state index contributed by atoms with van der Waals surface area (Å²) in [5.41, 5.74) is 1.35. The zero-order chi connectivity index (χ0) is 23.0. The van der Waals surface area contributed by atoms with Crippen LogP contribution in [-0.2, 0) is 16.4 Å². The average molecular weight is 448 g/mol. The Bertz CT molecular complexity index is 896. The maximum absolute atomic E-state index is 14.7. The van der Waals surface area contributed by atoms with E-state index in [-0.39, 0.29) is 24.5 Å². The third-order valence-corrected chi connectivity index (χ3v) is 13.1. The molecule has 0 amide bonds. The summed E-state index contributed by atoms with van der Waals surface area (Å²) in [5.74, 6) is -1.93. The molecule has 3 rings (SSSR count). The van der Waals surface area contributed by atoms with E-state index in [1.165, 1.54) is 12.1 Å². The fourth-order valence-corrected chi connectivity index (χ4v) is 11.2. The molecule has 0 bridgehead atoms. The first-order valence-electron chi connectivity index (χ1n) is 11.3. The Morgan fingerprint density at radius 2 is 1.68 bits per heavy atom. The van der Waals surface area contributed by atoms with E-state index in [4.69, 9.17) is 4.43 Å². The van der Waals surface area contributed by atoms with Crippen molar-refractivity contribution in [3.05, 3.63) is 65.0 Å². The van der Waals surface area contributed by atoms with E-state index in [0.29, 0.717) is 23.0 Å². The topological polar surface area (TPSA) is 42.4 Å². The summed E-state index contributed by atoms with van der Waals surface area (Å²) in [7, 11) is -2.21. The van der Waals surface area contributed by atoms with Gasteiger partial charge in [0.15, 0.2) is 11.6 Å². The number of hydrogen-bond acceptors (Lipinski definition) is 3. The molecule has 0 saturated heterocycles. The average Bonchev–Trinajstić information content (AvgIpc) is 2.84. The summed E-state index contributed by atoms with van der Waals surface area (Å²) in [4.78, 5) is 4.64. The fourth-order valence-electron chi connectivity index (χ4n) is 5.66. The second-order valence-electron chi connectivity index (χ2n) is 9.82. The predicted octanol–water partition coefficient (Wildman–Crippen LogP) is 6.82. The van der Waals surface area contributed by atoms with Gasteiger partial charge in [0, 0.05) is 18.2 Å². The molecule has 2 aromatic rings. The van der Waals surface area contributed by atoms with Crippen LogP contribution in [0.2, 0.25) is 16.6 Å². The standard InChI is InChI=1S/C25H35F2NO2Si/c1-16(2)31(17(3)4,18(5)6)30-22-12-13-25(29,15-19-9-8-14-28-24(19)22)20-10-7-11-21(26)23(20)27/h7-11,14,16-18,22,29H,12-13,15H2,1-6H3/t22-,25-/m0/s1. The van der Waals surface area contributed by atoms with E-state index in [9.17, 15) is 13.9 Å². The van der Waals surface area contributed by atoms with E-state index < -0.39 is 25.6 Å². The SMILES string of the molecule is CC(C)[Si](O[C@H]1CC[C@@](O)(c2cccc(F)c2F)Cc2cccnc21)(C(C)C)C(C)C. The maximum Gasteiger partial charge on any atom is 0.201 e. The third-order valence-electron chi connectivity index (χ3n) is 7.04. The minimum absolute atomic E-state index is 0.00281. The van der Waals surface area contributed by atoms with Crippen LogP contribution in [0.3, 0.4) is 0 Å². The van der Waals surface area contributed by atoms with Crippen LogP contribution in [0.15, 0.2) is 36.5 Å². The van der Waals surface area contributed by atoms with Crippen LogP contribution in [0.4, 0.5) is 8.78 Å². The summed E-state index contributed by atoms with van der Waals surface area (Å²) >= 11 is 0. The Balaban J connectivity index is 2.06. The quantitative estimate of drug-likeness (QED) is 0.390. The first kappa shape index (κ1) is 24.0. The molecule has 1 heterocycles. The Morgan fingerprint density at radius 1 is 1.03 bits per heavy atom. The molecule has 3 nitrogen and oxygen atoms in total. The van der Waals surface area contributed by atoms with Crippen molar-refractivity contribution < 1.29 is 18.3 Å². The highest BCUT2D eigenvalue weighted by atomic mass is 28.4. The molecule has 1 aromatic heterocycles. The summed E-state index contributed by atoms with van der Waals surface area (Å²) < 4.78 is 35.7. The second-order valence-corrected chi connectivity index (χ2v) is 15.2. The number of aromatic nitrogens is 1. The molecule has 170 valence electrons. The molecule has 1 aliphatic carbocycles. The molecule has 0 radical (unpaired) electrons. The number of benzene rings is 1. The van der Waals surface area contributed by atoms with Gasteiger partial charge in [0.2, 0.25) is 8.32 Å². The van der Waals surface area contributed by atoms with Crippen LogP contribution in [0.25, 0.3) is 0 Å². The molecule has 0 fully saturated rings. The zero-order valence-electron chi connectivity index (χ0n) is 19.5. The molecule has 2 atom stereocenters. The lowest BCUT2D eigenvalue weighted by Crippen LogP contribution is -2.48. The van der Waals surface area contributed by atoms with E-state index in [1.807, 2.05) is 12.1 Å². The van der Waals surface area contributed by atoms with Gasteiger partial charge in [-0.3, -0.25) is 4.98 Å². The lowest BCUT2D eigenvalue weighted by atomic mass is 9.85. The molecule has 1 aliphatic rings. The summed E-state index contributed by atoms with van der Waals surface area (Å²) in [6, 6.07) is 7.74. The molecule has 6 heteroatoms. The highest BCUT2D eigenvalue weighted by Gasteiger charge is 2.48. The van der Waals surface area contributed by atoms with Crippen molar-refractivity contribution in [1.29, 1.82) is 0 Å². The minimum atomic E-state index is -2.21. The summed E-state index contributed by atoms with van der Waals surface area (Å²) in [6.45, 7) is 13.4. The second kappa shape index (κ2) is 9.08. The number of halogens is 2. The highest BCUT2D eigenvalue weighted by Crippen LogP contribution is 2.48. The van der Waals surface area contributed by atoms with Gasteiger partial charge in [0.05, 0.1) is 17.4 Å². The molecule has 0 unspecified atom stereocenters. The molecule has 0 aliphatic heterocycles. The smallest absolute Gasteiger partial charge is 0.201 e. The van der Waals surface area contributed by atoms with Crippen LogP contribution in [-0.4, -0.2) is 18.4 Å². The monoisotopic (exact) mass is 447 g/mol. The van der Waals surface area contributed by atoms with Gasteiger partial charge in [-0.15, -0.1) is 0 Å². The molecular formula is C25H35F2NO2Si. The van der Waals surface area contributed by atoms with Crippen LogP contribution >= 0.6 is 0 Å². The van der Waals surface area contributed by atoms with Gasteiger partial charge in [-0.2, -0.15) is 0 Å². The molecule has 31 heavy (non-hydrogen) atoms. The molecule has 1 aromatic carbocycles. The lowest BCUT2D eigenvalue weighted by Gasteiger charge is -2.44. The van der Waals surface area contributed by atoms with Crippen molar-refractivity contribution >= 4 is 8.32 Å². The van der Waals surface area contributed by atoms with Gasteiger partial charge in [-0.25, -0.2) is 8.78 Å². The van der Waals surface area contributed by atoms with Crippen molar-refractivity contribution in [1.82, 2.24) is 4.98 Å². The number of hydrogen-bond donors (Lipinski definition) is 1. The fraction of sp³-hybridized carbons (Fsp3) is 0.560. The molecular weight excluding hydrogens is 412 g/mol. The molecule has 0 spiro atoms. The Kier molecular flexibility index (Phi) is 7.04. The highest BCUT2D eigenvalue weighted by molar-refractivity contribution is 6.77. The van der Waals surface area contributed by atoms with E-state index in [2.05, 4.69) is 46.5 Å². The third kappa shape index (κ3) is 4.35. The van der Waals surface area contributed by atoms with Crippen molar-refractivity contribution in [3.8, 4) is 0 Å². The van der Waals surface area contributed by atoms with Gasteiger partial charge in [-0.1, -0.05) is 59.7 Å². The van der Waals surface area contributed by atoms with Crippen LogP contribution in [0.1, 0.15) is 77.3 Å². The van der Waals surface area contributed by atoms with Gasteiger partial charge in [0.1, 0.15) is 0 Å². The number of nitrogens with zero attached hydrogens (tertiary/aromatic N) is 1. The Labute approximate surface area is 186 Å².